The summed E-state index contributed by atoms with van der Waals surface area (Å²) >= 11 is 0. The summed E-state index contributed by atoms with van der Waals surface area (Å²) < 4.78 is 28.6. The predicted molar refractivity (Wildman–Crippen MR) is 95.5 cm³/mol. The Labute approximate surface area is 149 Å². The Hall–Kier alpha value is -3.02. The number of nitrogens with one attached hydrogen (secondary N) is 1. The molecule has 0 aliphatic carbocycles. The van der Waals surface area contributed by atoms with Gasteiger partial charge in [0.05, 0.1) is 11.1 Å². The number of ether oxygens (including phenoxy) is 1. The molecule has 1 heterocycles. The molecule has 26 heavy (non-hydrogen) atoms. The van der Waals surface area contributed by atoms with Gasteiger partial charge in [-0.2, -0.15) is 8.78 Å². The number of nitrogens with zero attached hydrogens (tertiary/aromatic N) is 1. The third-order valence-corrected chi connectivity index (χ3v) is 3.94. The molecule has 3 rings (SSSR count). The molecule has 3 aromatic rings. The maximum absolute atomic E-state index is 12.6. The summed E-state index contributed by atoms with van der Waals surface area (Å²) in [6, 6.07) is 13.7. The molecule has 0 spiro atoms. The number of benzene rings is 2. The van der Waals surface area contributed by atoms with Gasteiger partial charge in [-0.3, -0.25) is 9.78 Å². The minimum absolute atomic E-state index is 0.0845. The number of amides is 1. The minimum Gasteiger partial charge on any atom is -0.435 e. The van der Waals surface area contributed by atoms with Crippen molar-refractivity contribution in [3.63, 3.8) is 0 Å². The van der Waals surface area contributed by atoms with E-state index in [9.17, 15) is 13.6 Å². The number of carbonyl (C=O) groups excluding carboxylic acids is 1. The molecule has 6 heteroatoms. The van der Waals surface area contributed by atoms with Crippen LogP contribution in [0.3, 0.4) is 0 Å². The number of hydrogen-bond donors (Lipinski definition) is 1. The molecule has 0 bridgehead atoms. The highest BCUT2D eigenvalue weighted by Crippen LogP contribution is 2.20. The average Bonchev–Trinajstić information content (AvgIpc) is 2.60. The molecule has 1 N–H and O–H groups in total. The van der Waals surface area contributed by atoms with E-state index >= 15 is 0 Å². The van der Waals surface area contributed by atoms with E-state index in [1.807, 2.05) is 32.0 Å². The Bertz CT molecular complexity index is 940. The third kappa shape index (κ3) is 4.14. The van der Waals surface area contributed by atoms with E-state index in [4.69, 9.17) is 0 Å². The van der Waals surface area contributed by atoms with Crippen molar-refractivity contribution < 1.29 is 18.3 Å². The van der Waals surface area contributed by atoms with Crippen molar-refractivity contribution in [3.05, 3.63) is 70.9 Å². The third-order valence-electron chi connectivity index (χ3n) is 3.94. The Morgan fingerprint density at radius 2 is 1.85 bits per heavy atom. The summed E-state index contributed by atoms with van der Waals surface area (Å²) in [7, 11) is 0. The molecule has 0 radical (unpaired) electrons. The van der Waals surface area contributed by atoms with Crippen LogP contribution < -0.4 is 10.1 Å². The molecule has 1 amide bonds. The fraction of sp³-hybridized carbons (Fsp3) is 0.200. The second-order valence-electron chi connectivity index (χ2n) is 6.04. The Balaban J connectivity index is 1.76. The van der Waals surface area contributed by atoms with Gasteiger partial charge < -0.3 is 10.1 Å². The highest BCUT2D eigenvalue weighted by Gasteiger charge is 2.12. The van der Waals surface area contributed by atoms with E-state index in [-0.39, 0.29) is 18.2 Å². The van der Waals surface area contributed by atoms with Gasteiger partial charge in [0.25, 0.3) is 5.91 Å². The van der Waals surface area contributed by atoms with Crippen LogP contribution >= 0.6 is 0 Å². The molecule has 0 fully saturated rings. The lowest BCUT2D eigenvalue weighted by Gasteiger charge is -2.10. The molecule has 134 valence electrons. The lowest BCUT2D eigenvalue weighted by molar-refractivity contribution is -0.0498. The predicted octanol–water partition coefficient (Wildman–Crippen LogP) is 4.38. The van der Waals surface area contributed by atoms with Crippen molar-refractivity contribution in [2.75, 3.05) is 0 Å². The zero-order valence-corrected chi connectivity index (χ0v) is 14.4. The second-order valence-corrected chi connectivity index (χ2v) is 6.04. The number of fused-ring (bicyclic) bond motifs is 1. The van der Waals surface area contributed by atoms with E-state index in [0.29, 0.717) is 5.56 Å². The molecule has 0 aliphatic heterocycles. The smallest absolute Gasteiger partial charge is 0.387 e. The zero-order valence-electron chi connectivity index (χ0n) is 14.4. The summed E-state index contributed by atoms with van der Waals surface area (Å²) in [6.07, 6.45) is 0. The summed E-state index contributed by atoms with van der Waals surface area (Å²) in [5, 5.41) is 3.66. The average molecular weight is 356 g/mol. The van der Waals surface area contributed by atoms with Gasteiger partial charge in [-0.25, -0.2) is 0 Å². The molecule has 0 saturated carbocycles. The van der Waals surface area contributed by atoms with E-state index < -0.39 is 6.61 Å². The van der Waals surface area contributed by atoms with Gasteiger partial charge in [0, 0.05) is 17.6 Å². The molecule has 2 aromatic carbocycles. The normalized spacial score (nSPS) is 11.0. The van der Waals surface area contributed by atoms with Crippen molar-refractivity contribution in [2.24, 2.45) is 0 Å². The van der Waals surface area contributed by atoms with Gasteiger partial charge in [0.2, 0.25) is 0 Å². The standard InChI is InChI=1S/C20H18F2N2O2/c1-12-3-8-18-16(9-12)17(10-13(2)24-18)19(25)23-11-14-4-6-15(7-5-14)26-20(21)22/h3-10,20H,11H2,1-2H3,(H,23,25). The monoisotopic (exact) mass is 356 g/mol. The first-order valence-electron chi connectivity index (χ1n) is 8.12. The summed E-state index contributed by atoms with van der Waals surface area (Å²) in [5.41, 5.74) is 3.93. The molecule has 0 aliphatic rings. The Morgan fingerprint density at radius 1 is 1.12 bits per heavy atom. The first-order valence-corrected chi connectivity index (χ1v) is 8.12. The highest BCUT2D eigenvalue weighted by molar-refractivity contribution is 6.06. The van der Waals surface area contributed by atoms with Crippen LogP contribution in [-0.4, -0.2) is 17.5 Å². The summed E-state index contributed by atoms with van der Waals surface area (Å²) in [5.74, 6) is -0.125. The van der Waals surface area contributed by atoms with E-state index in [1.165, 1.54) is 12.1 Å². The van der Waals surface area contributed by atoms with Crippen LogP contribution in [0.15, 0.2) is 48.5 Å². The van der Waals surface area contributed by atoms with Gasteiger partial charge in [-0.1, -0.05) is 23.8 Å². The number of carbonyl (C=O) groups is 1. The van der Waals surface area contributed by atoms with Crippen LogP contribution in [0.25, 0.3) is 10.9 Å². The number of hydrogen-bond acceptors (Lipinski definition) is 3. The quantitative estimate of drug-likeness (QED) is 0.738. The number of halogens is 2. The van der Waals surface area contributed by atoms with Gasteiger partial charge in [-0.15, -0.1) is 0 Å². The van der Waals surface area contributed by atoms with Crippen molar-refractivity contribution >= 4 is 16.8 Å². The first-order chi connectivity index (χ1) is 12.4. The van der Waals surface area contributed by atoms with Crippen molar-refractivity contribution in [1.29, 1.82) is 0 Å². The number of aromatic nitrogens is 1. The van der Waals surface area contributed by atoms with E-state index in [1.54, 1.807) is 18.2 Å². The summed E-state index contributed by atoms with van der Waals surface area (Å²) in [4.78, 5) is 17.1. The maximum atomic E-state index is 12.6. The van der Waals surface area contributed by atoms with Crippen LogP contribution in [0.4, 0.5) is 8.78 Å². The molecule has 0 saturated heterocycles. The fourth-order valence-corrected chi connectivity index (χ4v) is 2.73. The lowest BCUT2D eigenvalue weighted by Crippen LogP contribution is -2.23. The van der Waals surface area contributed by atoms with Crippen LogP contribution in [0.1, 0.15) is 27.2 Å². The van der Waals surface area contributed by atoms with Crippen molar-refractivity contribution in [1.82, 2.24) is 10.3 Å². The molecule has 0 unspecified atom stereocenters. The van der Waals surface area contributed by atoms with Crippen LogP contribution in [0.5, 0.6) is 5.75 Å². The maximum Gasteiger partial charge on any atom is 0.387 e. The Kier molecular flexibility index (Phi) is 5.11. The zero-order chi connectivity index (χ0) is 18.7. The number of rotatable bonds is 5. The van der Waals surface area contributed by atoms with Gasteiger partial charge in [0.15, 0.2) is 0 Å². The molecular formula is C20H18F2N2O2. The van der Waals surface area contributed by atoms with Crippen molar-refractivity contribution in [2.45, 2.75) is 27.0 Å². The largest absolute Gasteiger partial charge is 0.435 e. The van der Waals surface area contributed by atoms with E-state index in [0.717, 1.165) is 27.7 Å². The van der Waals surface area contributed by atoms with Gasteiger partial charge in [0.1, 0.15) is 5.75 Å². The van der Waals surface area contributed by atoms with Crippen LogP contribution in [0.2, 0.25) is 0 Å². The van der Waals surface area contributed by atoms with Crippen LogP contribution in [0, 0.1) is 13.8 Å². The van der Waals surface area contributed by atoms with E-state index in [2.05, 4.69) is 15.0 Å². The summed E-state index contributed by atoms with van der Waals surface area (Å²) in [6.45, 7) is 1.23. The minimum atomic E-state index is -2.85. The number of aryl methyl sites for hydroxylation is 2. The Morgan fingerprint density at radius 3 is 2.54 bits per heavy atom. The molecule has 4 nitrogen and oxygen atoms in total. The number of pyridine rings is 1. The van der Waals surface area contributed by atoms with Crippen molar-refractivity contribution in [3.8, 4) is 5.75 Å². The molecule has 0 atom stereocenters. The lowest BCUT2D eigenvalue weighted by atomic mass is 10.0. The molecule has 1 aromatic heterocycles. The SMILES string of the molecule is Cc1ccc2nc(C)cc(C(=O)NCc3ccc(OC(F)F)cc3)c2c1. The topological polar surface area (TPSA) is 51.2 Å². The van der Waals surface area contributed by atoms with Crippen LogP contribution in [-0.2, 0) is 6.54 Å². The van der Waals surface area contributed by atoms with Gasteiger partial charge in [-0.05, 0) is 49.7 Å². The second kappa shape index (κ2) is 7.47. The van der Waals surface area contributed by atoms with Gasteiger partial charge >= 0.3 is 6.61 Å². The highest BCUT2D eigenvalue weighted by atomic mass is 19.3. The number of alkyl halides is 2. The fourth-order valence-electron chi connectivity index (χ4n) is 2.73. The first kappa shape index (κ1) is 17.8. The molecular weight excluding hydrogens is 338 g/mol.